The van der Waals surface area contributed by atoms with Gasteiger partial charge in [-0.2, -0.15) is 0 Å². The number of anilines is 2. The van der Waals surface area contributed by atoms with Crippen molar-refractivity contribution in [2.24, 2.45) is 0 Å². The molecule has 1 saturated heterocycles. The molecule has 0 spiro atoms. The molecule has 1 aliphatic rings. The first-order valence-electron chi connectivity index (χ1n) is 5.84. The lowest BCUT2D eigenvalue weighted by Crippen LogP contribution is -2.46. The molecular formula is C12H17BrClN3. The fourth-order valence-corrected chi connectivity index (χ4v) is 2.64. The van der Waals surface area contributed by atoms with Gasteiger partial charge in [-0.25, -0.2) is 0 Å². The van der Waals surface area contributed by atoms with E-state index >= 15 is 0 Å². The summed E-state index contributed by atoms with van der Waals surface area (Å²) in [5.74, 6) is 0. The molecule has 5 heteroatoms. The summed E-state index contributed by atoms with van der Waals surface area (Å²) in [7, 11) is 0. The molecule has 1 aliphatic heterocycles. The molecular weight excluding hydrogens is 302 g/mol. The Kier molecular flexibility index (Phi) is 4.17. The smallest absolute Gasteiger partial charge is 0.0711 e. The van der Waals surface area contributed by atoms with Gasteiger partial charge in [0.25, 0.3) is 0 Å². The van der Waals surface area contributed by atoms with E-state index in [2.05, 4.69) is 32.7 Å². The standard InChI is InChI=1S/C12H17BrClN3/c1-2-16-5-7-17(8-6-16)10-4-3-9(14)11(13)12(10)15/h3-4H,2,5-8,15H2,1H3. The lowest BCUT2D eigenvalue weighted by atomic mass is 10.2. The summed E-state index contributed by atoms with van der Waals surface area (Å²) in [6.45, 7) is 7.54. The van der Waals surface area contributed by atoms with Crippen LogP contribution in [-0.2, 0) is 0 Å². The number of nitrogen functional groups attached to an aromatic ring is 1. The topological polar surface area (TPSA) is 32.5 Å². The minimum absolute atomic E-state index is 0.665. The number of nitrogens with two attached hydrogens (primary N) is 1. The molecule has 1 aromatic carbocycles. The minimum atomic E-state index is 0.665. The van der Waals surface area contributed by atoms with E-state index < -0.39 is 0 Å². The second-order valence-corrected chi connectivity index (χ2v) is 5.42. The fourth-order valence-electron chi connectivity index (χ4n) is 2.14. The molecule has 0 bridgehead atoms. The Labute approximate surface area is 116 Å². The molecule has 0 amide bonds. The Hall–Kier alpha value is -0.450. The van der Waals surface area contributed by atoms with Crippen LogP contribution in [0, 0.1) is 0 Å². The lowest BCUT2D eigenvalue weighted by molar-refractivity contribution is 0.271. The summed E-state index contributed by atoms with van der Waals surface area (Å²) in [6, 6.07) is 3.90. The Morgan fingerprint density at radius 3 is 2.53 bits per heavy atom. The SMILES string of the molecule is CCN1CCN(c2ccc(Cl)c(Br)c2N)CC1. The van der Waals surface area contributed by atoms with Crippen LogP contribution in [0.2, 0.25) is 5.02 Å². The number of piperazine rings is 1. The fraction of sp³-hybridized carbons (Fsp3) is 0.500. The maximum absolute atomic E-state index is 6.09. The van der Waals surface area contributed by atoms with E-state index in [-0.39, 0.29) is 0 Å². The zero-order chi connectivity index (χ0) is 12.4. The number of hydrogen-bond donors (Lipinski definition) is 1. The zero-order valence-corrected chi connectivity index (χ0v) is 12.3. The maximum atomic E-state index is 6.09. The Balaban J connectivity index is 2.16. The van der Waals surface area contributed by atoms with Crippen LogP contribution in [0.5, 0.6) is 0 Å². The van der Waals surface area contributed by atoms with Gasteiger partial charge in [-0.1, -0.05) is 18.5 Å². The lowest BCUT2D eigenvalue weighted by Gasteiger charge is -2.36. The highest BCUT2D eigenvalue weighted by molar-refractivity contribution is 9.10. The van der Waals surface area contributed by atoms with E-state index in [0.29, 0.717) is 5.02 Å². The van der Waals surface area contributed by atoms with E-state index in [1.807, 2.05) is 12.1 Å². The molecule has 0 aliphatic carbocycles. The first-order chi connectivity index (χ1) is 8.13. The molecule has 17 heavy (non-hydrogen) atoms. The van der Waals surface area contributed by atoms with Crippen molar-refractivity contribution in [3.8, 4) is 0 Å². The van der Waals surface area contributed by atoms with Gasteiger partial charge < -0.3 is 15.5 Å². The summed E-state index contributed by atoms with van der Waals surface area (Å²) in [6.07, 6.45) is 0. The van der Waals surface area contributed by atoms with E-state index in [1.165, 1.54) is 0 Å². The molecule has 0 saturated carbocycles. The number of rotatable bonds is 2. The van der Waals surface area contributed by atoms with Crippen LogP contribution in [0.1, 0.15) is 6.92 Å². The van der Waals surface area contributed by atoms with Crippen LogP contribution in [-0.4, -0.2) is 37.6 Å². The largest absolute Gasteiger partial charge is 0.396 e. The number of nitrogens with zero attached hydrogens (tertiary/aromatic N) is 2. The Bertz CT molecular complexity index is 403. The summed E-state index contributed by atoms with van der Waals surface area (Å²) >= 11 is 9.44. The maximum Gasteiger partial charge on any atom is 0.0711 e. The third kappa shape index (κ3) is 2.69. The van der Waals surface area contributed by atoms with Crippen LogP contribution < -0.4 is 10.6 Å². The third-order valence-electron chi connectivity index (χ3n) is 3.27. The highest BCUT2D eigenvalue weighted by atomic mass is 79.9. The zero-order valence-electron chi connectivity index (χ0n) is 9.92. The monoisotopic (exact) mass is 317 g/mol. The second kappa shape index (κ2) is 5.46. The molecule has 3 nitrogen and oxygen atoms in total. The number of benzene rings is 1. The summed E-state index contributed by atoms with van der Waals surface area (Å²) in [5, 5.41) is 0.665. The average molecular weight is 319 g/mol. The summed E-state index contributed by atoms with van der Waals surface area (Å²) in [4.78, 5) is 4.76. The van der Waals surface area contributed by atoms with Gasteiger partial charge >= 0.3 is 0 Å². The Morgan fingerprint density at radius 2 is 1.94 bits per heavy atom. The predicted molar refractivity (Wildman–Crippen MR) is 77.9 cm³/mol. The number of hydrogen-bond acceptors (Lipinski definition) is 3. The van der Waals surface area contributed by atoms with Gasteiger partial charge in [0.1, 0.15) is 0 Å². The molecule has 1 fully saturated rings. The first kappa shape index (κ1) is 13.0. The molecule has 1 heterocycles. The second-order valence-electron chi connectivity index (χ2n) is 4.22. The molecule has 2 N–H and O–H groups in total. The third-order valence-corrected chi connectivity index (χ3v) is 4.67. The Morgan fingerprint density at radius 1 is 1.29 bits per heavy atom. The normalized spacial score (nSPS) is 17.5. The van der Waals surface area contributed by atoms with Crippen molar-refractivity contribution < 1.29 is 0 Å². The first-order valence-corrected chi connectivity index (χ1v) is 7.01. The van der Waals surface area contributed by atoms with Gasteiger partial charge in [0.05, 0.1) is 20.9 Å². The van der Waals surface area contributed by atoms with Crippen LogP contribution in [0.25, 0.3) is 0 Å². The number of halogens is 2. The van der Waals surface area contributed by atoms with Crippen LogP contribution in [0.3, 0.4) is 0 Å². The quantitative estimate of drug-likeness (QED) is 0.851. The highest BCUT2D eigenvalue weighted by Gasteiger charge is 2.19. The van der Waals surface area contributed by atoms with Gasteiger partial charge in [0.2, 0.25) is 0 Å². The van der Waals surface area contributed by atoms with Gasteiger partial charge in [-0.15, -0.1) is 0 Å². The van der Waals surface area contributed by atoms with Crippen LogP contribution >= 0.6 is 27.5 Å². The molecule has 94 valence electrons. The van der Waals surface area contributed by atoms with Crippen molar-refractivity contribution in [3.05, 3.63) is 21.6 Å². The molecule has 0 unspecified atom stereocenters. The average Bonchev–Trinajstić information content (AvgIpc) is 2.36. The molecule has 0 radical (unpaired) electrons. The molecule has 2 rings (SSSR count). The van der Waals surface area contributed by atoms with Crippen molar-refractivity contribution in [1.82, 2.24) is 4.90 Å². The van der Waals surface area contributed by atoms with E-state index in [9.17, 15) is 0 Å². The molecule has 0 aromatic heterocycles. The van der Waals surface area contributed by atoms with Crippen molar-refractivity contribution in [2.45, 2.75) is 6.92 Å². The van der Waals surface area contributed by atoms with E-state index in [1.54, 1.807) is 0 Å². The van der Waals surface area contributed by atoms with Crippen LogP contribution in [0.4, 0.5) is 11.4 Å². The van der Waals surface area contributed by atoms with Crippen molar-refractivity contribution in [3.63, 3.8) is 0 Å². The molecule has 1 aromatic rings. The highest BCUT2D eigenvalue weighted by Crippen LogP contribution is 2.36. The minimum Gasteiger partial charge on any atom is -0.396 e. The van der Waals surface area contributed by atoms with Gasteiger partial charge in [-0.05, 0) is 34.6 Å². The van der Waals surface area contributed by atoms with Crippen molar-refractivity contribution >= 4 is 38.9 Å². The van der Waals surface area contributed by atoms with Gasteiger partial charge in [0, 0.05) is 26.2 Å². The van der Waals surface area contributed by atoms with E-state index in [0.717, 1.165) is 48.6 Å². The molecule has 0 atom stereocenters. The number of likely N-dealkylation sites (N-methyl/N-ethyl adjacent to an activating group) is 1. The van der Waals surface area contributed by atoms with Crippen molar-refractivity contribution in [2.75, 3.05) is 43.4 Å². The van der Waals surface area contributed by atoms with Gasteiger partial charge in [-0.3, -0.25) is 0 Å². The predicted octanol–water partition coefficient (Wildman–Crippen LogP) is 2.83. The van der Waals surface area contributed by atoms with E-state index in [4.69, 9.17) is 17.3 Å². The van der Waals surface area contributed by atoms with Gasteiger partial charge in [0.15, 0.2) is 0 Å². The summed E-state index contributed by atoms with van der Waals surface area (Å²) in [5.41, 5.74) is 7.91. The van der Waals surface area contributed by atoms with Crippen LogP contribution in [0.15, 0.2) is 16.6 Å². The summed E-state index contributed by atoms with van der Waals surface area (Å²) < 4.78 is 0.801. The van der Waals surface area contributed by atoms with Crippen molar-refractivity contribution in [1.29, 1.82) is 0 Å².